The van der Waals surface area contributed by atoms with Gasteiger partial charge < -0.3 is 16.4 Å². The van der Waals surface area contributed by atoms with Crippen molar-refractivity contribution in [2.24, 2.45) is 11.7 Å². The van der Waals surface area contributed by atoms with Gasteiger partial charge in [0.25, 0.3) is 0 Å². The number of unbranched alkanes of at least 4 members (excludes halogenated alkanes) is 1. The minimum absolute atomic E-state index is 0.0538. The van der Waals surface area contributed by atoms with Gasteiger partial charge in [0, 0.05) is 17.3 Å². The van der Waals surface area contributed by atoms with Gasteiger partial charge in [-0.1, -0.05) is 25.8 Å². The van der Waals surface area contributed by atoms with Gasteiger partial charge in [0.05, 0.1) is 6.04 Å². The molecule has 4 N–H and O–H groups in total. The molecule has 5 heteroatoms. The lowest BCUT2D eigenvalue weighted by molar-refractivity contribution is -0.118. The molecule has 0 aromatic heterocycles. The van der Waals surface area contributed by atoms with E-state index in [0.717, 1.165) is 25.7 Å². The van der Waals surface area contributed by atoms with Crippen LogP contribution in [0.1, 0.15) is 39.0 Å². The van der Waals surface area contributed by atoms with Crippen LogP contribution in [0, 0.1) is 5.92 Å². The normalized spacial score (nSPS) is 15.3. The molecule has 0 radical (unpaired) electrons. The Hall–Kier alpha value is -1.88. The minimum Gasteiger partial charge on any atom is -0.326 e. The Morgan fingerprint density at radius 2 is 1.95 bits per heavy atom. The number of nitrogens with one attached hydrogen (secondary N) is 2. The summed E-state index contributed by atoms with van der Waals surface area (Å²) >= 11 is 0. The highest BCUT2D eigenvalue weighted by Crippen LogP contribution is 2.30. The van der Waals surface area contributed by atoms with Crippen LogP contribution in [0.4, 0.5) is 11.4 Å². The summed E-state index contributed by atoms with van der Waals surface area (Å²) < 4.78 is 0. The highest BCUT2D eigenvalue weighted by Gasteiger charge is 2.29. The third kappa shape index (κ3) is 4.86. The van der Waals surface area contributed by atoms with Gasteiger partial charge in [0.1, 0.15) is 0 Å². The Balaban J connectivity index is 1.90. The summed E-state index contributed by atoms with van der Waals surface area (Å²) in [6.07, 6.45) is 4.57. The maximum atomic E-state index is 11.9. The monoisotopic (exact) mass is 289 g/mol. The first-order valence-corrected chi connectivity index (χ1v) is 7.57. The summed E-state index contributed by atoms with van der Waals surface area (Å²) in [5.74, 6) is 0.0259. The molecule has 2 amide bonds. The number of rotatable bonds is 7. The third-order valence-electron chi connectivity index (χ3n) is 3.55. The number of anilines is 2. The highest BCUT2D eigenvalue weighted by atomic mass is 16.2. The molecule has 2 rings (SSSR count). The van der Waals surface area contributed by atoms with Crippen LogP contribution in [0.5, 0.6) is 0 Å². The Morgan fingerprint density at radius 1 is 1.29 bits per heavy atom. The number of nitrogens with two attached hydrogens (primary N) is 1. The lowest BCUT2D eigenvalue weighted by Crippen LogP contribution is -2.35. The highest BCUT2D eigenvalue weighted by molar-refractivity contribution is 5.97. The van der Waals surface area contributed by atoms with E-state index in [2.05, 4.69) is 17.6 Å². The number of hydrogen-bond donors (Lipinski definition) is 3. The first-order valence-electron chi connectivity index (χ1n) is 7.57. The van der Waals surface area contributed by atoms with Crippen LogP contribution in [0.15, 0.2) is 24.3 Å². The van der Waals surface area contributed by atoms with Crippen molar-refractivity contribution < 1.29 is 9.59 Å². The van der Waals surface area contributed by atoms with Crippen molar-refractivity contribution in [3.63, 3.8) is 0 Å². The third-order valence-corrected chi connectivity index (χ3v) is 3.55. The zero-order valence-electron chi connectivity index (χ0n) is 12.4. The Bertz CT molecular complexity index is 512. The van der Waals surface area contributed by atoms with E-state index in [4.69, 9.17) is 5.73 Å². The predicted molar refractivity (Wildman–Crippen MR) is 83.9 cm³/mol. The van der Waals surface area contributed by atoms with Crippen molar-refractivity contribution in [2.45, 2.75) is 45.1 Å². The van der Waals surface area contributed by atoms with Crippen LogP contribution in [0.3, 0.4) is 0 Å². The fraction of sp³-hybridized carbons (Fsp3) is 0.500. The summed E-state index contributed by atoms with van der Waals surface area (Å²) in [5.41, 5.74) is 7.19. The molecule has 5 nitrogen and oxygen atoms in total. The largest absolute Gasteiger partial charge is 0.326 e. The molecule has 0 heterocycles. The van der Waals surface area contributed by atoms with Gasteiger partial charge in [-0.2, -0.15) is 0 Å². The van der Waals surface area contributed by atoms with Crippen molar-refractivity contribution in [1.82, 2.24) is 0 Å². The molecular formula is C16H23N3O2. The standard InChI is InChI=1S/C16H23N3O2/c1-2-3-7-14(17)16(21)19-13-6-4-5-12(10-13)18-15(20)11-8-9-11/h4-6,10-11,14H,2-3,7-9,17H2,1H3,(H,18,20)(H,19,21)/t14-/m0/s1. The van der Waals surface area contributed by atoms with Gasteiger partial charge >= 0.3 is 0 Å². The summed E-state index contributed by atoms with van der Waals surface area (Å²) in [4.78, 5) is 23.7. The Morgan fingerprint density at radius 3 is 2.57 bits per heavy atom. The molecule has 0 spiro atoms. The van der Waals surface area contributed by atoms with E-state index >= 15 is 0 Å². The van der Waals surface area contributed by atoms with Crippen molar-refractivity contribution in [1.29, 1.82) is 0 Å². The summed E-state index contributed by atoms with van der Waals surface area (Å²) in [6.45, 7) is 2.07. The second-order valence-corrected chi connectivity index (χ2v) is 5.58. The van der Waals surface area contributed by atoms with E-state index in [-0.39, 0.29) is 17.7 Å². The van der Waals surface area contributed by atoms with E-state index in [1.807, 2.05) is 6.07 Å². The number of benzene rings is 1. The van der Waals surface area contributed by atoms with Gasteiger partial charge in [-0.3, -0.25) is 9.59 Å². The zero-order valence-corrected chi connectivity index (χ0v) is 12.4. The van der Waals surface area contributed by atoms with Gasteiger partial charge in [-0.05, 0) is 37.5 Å². The van der Waals surface area contributed by atoms with Crippen molar-refractivity contribution in [3.8, 4) is 0 Å². The molecule has 1 aliphatic rings. The van der Waals surface area contributed by atoms with Gasteiger partial charge in [0.15, 0.2) is 0 Å². The molecular weight excluding hydrogens is 266 g/mol. The van der Waals surface area contributed by atoms with Crippen LogP contribution in [0.2, 0.25) is 0 Å². The summed E-state index contributed by atoms with van der Waals surface area (Å²) in [6, 6.07) is 6.67. The van der Waals surface area contributed by atoms with E-state index in [1.54, 1.807) is 18.2 Å². The van der Waals surface area contributed by atoms with Crippen molar-refractivity contribution in [3.05, 3.63) is 24.3 Å². The van der Waals surface area contributed by atoms with Gasteiger partial charge in [-0.15, -0.1) is 0 Å². The second kappa shape index (κ2) is 7.22. The van der Waals surface area contributed by atoms with Crippen LogP contribution in [-0.2, 0) is 9.59 Å². The first-order chi connectivity index (χ1) is 10.1. The number of hydrogen-bond acceptors (Lipinski definition) is 3. The lowest BCUT2D eigenvalue weighted by Gasteiger charge is -2.13. The minimum atomic E-state index is -0.491. The van der Waals surface area contributed by atoms with E-state index in [0.29, 0.717) is 17.8 Å². The van der Waals surface area contributed by atoms with Crippen LogP contribution in [0.25, 0.3) is 0 Å². The molecule has 0 unspecified atom stereocenters. The second-order valence-electron chi connectivity index (χ2n) is 5.58. The van der Waals surface area contributed by atoms with Gasteiger partial charge in [0.2, 0.25) is 11.8 Å². The molecule has 1 atom stereocenters. The summed E-state index contributed by atoms with van der Waals surface area (Å²) in [7, 11) is 0. The van der Waals surface area contributed by atoms with Crippen molar-refractivity contribution in [2.75, 3.05) is 10.6 Å². The molecule has 1 aromatic rings. The molecule has 0 aliphatic heterocycles. The fourth-order valence-electron chi connectivity index (χ4n) is 2.05. The van der Waals surface area contributed by atoms with E-state index in [9.17, 15) is 9.59 Å². The number of carbonyl (C=O) groups is 2. The van der Waals surface area contributed by atoms with E-state index < -0.39 is 6.04 Å². The Kier molecular flexibility index (Phi) is 5.33. The lowest BCUT2D eigenvalue weighted by atomic mass is 10.1. The van der Waals surface area contributed by atoms with Gasteiger partial charge in [-0.25, -0.2) is 0 Å². The molecule has 114 valence electrons. The van der Waals surface area contributed by atoms with Crippen LogP contribution >= 0.6 is 0 Å². The molecule has 0 bridgehead atoms. The molecule has 1 fully saturated rings. The van der Waals surface area contributed by atoms with Crippen LogP contribution in [-0.4, -0.2) is 17.9 Å². The van der Waals surface area contributed by atoms with E-state index in [1.165, 1.54) is 0 Å². The maximum absolute atomic E-state index is 11.9. The fourth-order valence-corrected chi connectivity index (χ4v) is 2.05. The topological polar surface area (TPSA) is 84.2 Å². The zero-order chi connectivity index (χ0) is 15.2. The smallest absolute Gasteiger partial charge is 0.241 e. The SMILES string of the molecule is CCCC[C@H](N)C(=O)Nc1cccc(NC(=O)C2CC2)c1. The Labute approximate surface area is 125 Å². The van der Waals surface area contributed by atoms with Crippen LogP contribution < -0.4 is 16.4 Å². The molecule has 1 aromatic carbocycles. The first kappa shape index (κ1) is 15.5. The molecule has 21 heavy (non-hydrogen) atoms. The molecule has 1 saturated carbocycles. The average Bonchev–Trinajstić information content (AvgIpc) is 3.29. The van der Waals surface area contributed by atoms with Crippen molar-refractivity contribution >= 4 is 23.2 Å². The quantitative estimate of drug-likeness (QED) is 0.721. The predicted octanol–water partition coefficient (Wildman–Crippen LogP) is 2.49. The summed E-state index contributed by atoms with van der Waals surface area (Å²) in [5, 5.41) is 5.65. The average molecular weight is 289 g/mol. The number of amides is 2. The molecule has 0 saturated heterocycles. The number of carbonyl (C=O) groups excluding carboxylic acids is 2. The maximum Gasteiger partial charge on any atom is 0.241 e. The molecule has 1 aliphatic carbocycles.